The van der Waals surface area contributed by atoms with E-state index >= 15 is 0 Å². The second kappa shape index (κ2) is 11.8. The summed E-state index contributed by atoms with van der Waals surface area (Å²) in [7, 11) is -2.62. The Hall–Kier alpha value is 0.0569. The molecule has 0 rings (SSSR count). The van der Waals surface area contributed by atoms with Crippen molar-refractivity contribution in [2.24, 2.45) is 0 Å². The number of hydrogen-bond donors (Lipinski definition) is 1. The summed E-state index contributed by atoms with van der Waals surface area (Å²) in [6.45, 7) is 13.7. The zero-order valence-electron chi connectivity index (χ0n) is 13.5. The van der Waals surface area contributed by atoms with Crippen molar-refractivity contribution in [3.8, 4) is 0 Å². The maximum absolute atomic E-state index is 6.12. The van der Waals surface area contributed by atoms with Crippen LogP contribution in [0.1, 0.15) is 60.3 Å². The molecule has 0 amide bonds. The van der Waals surface area contributed by atoms with Crippen molar-refractivity contribution in [1.29, 1.82) is 0 Å². The Morgan fingerprint density at radius 3 is 1.47 bits per heavy atom. The predicted molar refractivity (Wildman–Crippen MR) is 82.2 cm³/mol. The Kier molecular flexibility index (Phi) is 11.9. The molecule has 0 aromatic rings. The van der Waals surface area contributed by atoms with Crippen molar-refractivity contribution in [2.45, 2.75) is 66.0 Å². The molecule has 1 atom stereocenters. The molecule has 116 valence electrons. The fraction of sp³-hybridized carbons (Fsp3) is 1.00. The molecule has 4 nitrogen and oxygen atoms in total. The van der Waals surface area contributed by atoms with Gasteiger partial charge in [-0.25, -0.2) is 0 Å². The van der Waals surface area contributed by atoms with Gasteiger partial charge in [0.15, 0.2) is 0 Å². The van der Waals surface area contributed by atoms with Gasteiger partial charge >= 0.3 is 8.80 Å². The second-order valence-corrected chi connectivity index (χ2v) is 7.44. The molecule has 0 fully saturated rings. The molecular formula is C14H33NO3Si. The molecule has 0 aliphatic rings. The molecule has 19 heavy (non-hydrogen) atoms. The Morgan fingerprint density at radius 2 is 1.21 bits per heavy atom. The van der Waals surface area contributed by atoms with Gasteiger partial charge in [0, 0.05) is 19.8 Å². The summed E-state index contributed by atoms with van der Waals surface area (Å²) in [5.74, 6) is 0. The first-order valence-corrected chi connectivity index (χ1v) is 9.66. The lowest BCUT2D eigenvalue weighted by Gasteiger charge is -2.36. The average Bonchev–Trinajstić information content (AvgIpc) is 2.44. The van der Waals surface area contributed by atoms with Crippen molar-refractivity contribution < 1.29 is 13.3 Å². The first-order valence-electron chi connectivity index (χ1n) is 7.85. The van der Waals surface area contributed by atoms with Gasteiger partial charge in [0.05, 0.1) is 5.67 Å². The van der Waals surface area contributed by atoms with Crippen molar-refractivity contribution >= 4 is 8.80 Å². The van der Waals surface area contributed by atoms with Gasteiger partial charge < -0.3 is 18.6 Å². The minimum atomic E-state index is -2.62. The highest BCUT2D eigenvalue weighted by Crippen LogP contribution is 2.19. The smallest absolute Gasteiger partial charge is 0.373 e. The molecule has 0 aliphatic carbocycles. The van der Waals surface area contributed by atoms with Gasteiger partial charge in [0.2, 0.25) is 0 Å². The van der Waals surface area contributed by atoms with E-state index in [4.69, 9.17) is 13.3 Å². The first-order chi connectivity index (χ1) is 9.20. The van der Waals surface area contributed by atoms with Crippen LogP contribution in [0.4, 0.5) is 0 Å². The van der Waals surface area contributed by atoms with Crippen LogP contribution in [0.3, 0.4) is 0 Å². The summed E-state index contributed by atoms with van der Waals surface area (Å²) >= 11 is 0. The van der Waals surface area contributed by atoms with E-state index in [1.165, 1.54) is 0 Å². The highest BCUT2D eigenvalue weighted by Gasteiger charge is 2.48. The summed E-state index contributed by atoms with van der Waals surface area (Å²) in [6, 6.07) is 0. The van der Waals surface area contributed by atoms with Crippen LogP contribution in [0.2, 0.25) is 0 Å². The van der Waals surface area contributed by atoms with E-state index < -0.39 is 8.80 Å². The van der Waals surface area contributed by atoms with Gasteiger partial charge in [-0.3, -0.25) is 0 Å². The molecule has 0 spiro atoms. The molecule has 0 bridgehead atoms. The Bertz CT molecular complexity index is 183. The van der Waals surface area contributed by atoms with Gasteiger partial charge in [0.1, 0.15) is 0 Å². The molecule has 0 saturated heterocycles. The fourth-order valence-corrected chi connectivity index (χ4v) is 5.20. The van der Waals surface area contributed by atoms with Gasteiger partial charge in [0.25, 0.3) is 0 Å². The third kappa shape index (κ3) is 6.86. The minimum Gasteiger partial charge on any atom is -0.373 e. The zero-order valence-corrected chi connectivity index (χ0v) is 14.5. The van der Waals surface area contributed by atoms with Crippen molar-refractivity contribution in [2.75, 3.05) is 26.4 Å². The summed E-state index contributed by atoms with van der Waals surface area (Å²) in [5, 5.41) is 3.49. The second-order valence-electron chi connectivity index (χ2n) is 4.67. The SMILES string of the molecule is CCCO[Si](OCCC)(OCCC)C(CC)NCC. The average molecular weight is 292 g/mol. The Labute approximate surface area is 120 Å². The molecule has 5 heteroatoms. The minimum absolute atomic E-state index is 0.196. The molecule has 0 aromatic heterocycles. The monoisotopic (exact) mass is 291 g/mol. The number of nitrogens with one attached hydrogen (secondary N) is 1. The van der Waals surface area contributed by atoms with Crippen molar-refractivity contribution in [1.82, 2.24) is 5.32 Å². The van der Waals surface area contributed by atoms with Gasteiger partial charge in [-0.1, -0.05) is 34.6 Å². The normalized spacial score (nSPS) is 13.7. The topological polar surface area (TPSA) is 39.7 Å². The van der Waals surface area contributed by atoms with Crippen LogP contribution in [0.5, 0.6) is 0 Å². The van der Waals surface area contributed by atoms with E-state index in [1.807, 2.05) is 0 Å². The quantitative estimate of drug-likeness (QED) is 0.529. The van der Waals surface area contributed by atoms with E-state index in [-0.39, 0.29) is 5.67 Å². The molecule has 0 aromatic carbocycles. The van der Waals surface area contributed by atoms with E-state index in [9.17, 15) is 0 Å². The van der Waals surface area contributed by atoms with E-state index in [1.54, 1.807) is 0 Å². The molecule has 1 N–H and O–H groups in total. The Morgan fingerprint density at radius 1 is 0.789 bits per heavy atom. The highest BCUT2D eigenvalue weighted by atomic mass is 28.4. The molecule has 0 radical (unpaired) electrons. The van der Waals surface area contributed by atoms with Crippen molar-refractivity contribution in [3.05, 3.63) is 0 Å². The van der Waals surface area contributed by atoms with Gasteiger partial charge in [-0.2, -0.15) is 0 Å². The Balaban J connectivity index is 4.92. The molecular weight excluding hydrogens is 258 g/mol. The zero-order chi connectivity index (χ0) is 14.6. The van der Waals surface area contributed by atoms with Crippen LogP contribution in [0, 0.1) is 0 Å². The molecule has 0 saturated carbocycles. The van der Waals surface area contributed by atoms with E-state index in [2.05, 4.69) is 39.9 Å². The third-order valence-electron chi connectivity index (χ3n) is 2.81. The van der Waals surface area contributed by atoms with Crippen LogP contribution < -0.4 is 5.32 Å². The van der Waals surface area contributed by atoms with Crippen LogP contribution in [-0.2, 0) is 13.3 Å². The van der Waals surface area contributed by atoms with Crippen LogP contribution in [0.15, 0.2) is 0 Å². The lowest BCUT2D eigenvalue weighted by atomic mass is 10.5. The fourth-order valence-electron chi connectivity index (χ4n) is 1.93. The van der Waals surface area contributed by atoms with Gasteiger partial charge in [-0.05, 0) is 32.2 Å². The standard InChI is InChI=1S/C14H33NO3Si/c1-6-11-16-19(17-12-7-2,18-13-8-3)14(9-4)15-10-5/h14-15H,6-13H2,1-5H3. The maximum Gasteiger partial charge on any atom is 0.518 e. The summed E-state index contributed by atoms with van der Waals surface area (Å²) in [5.41, 5.74) is 0.196. The van der Waals surface area contributed by atoms with Crippen LogP contribution in [-0.4, -0.2) is 40.8 Å². The third-order valence-corrected chi connectivity index (χ3v) is 6.09. The van der Waals surface area contributed by atoms with Crippen LogP contribution >= 0.6 is 0 Å². The summed E-state index contributed by atoms with van der Waals surface area (Å²) in [4.78, 5) is 0. The van der Waals surface area contributed by atoms with E-state index in [0.29, 0.717) is 19.8 Å². The molecule has 1 unspecified atom stereocenters. The first kappa shape index (κ1) is 19.1. The summed E-state index contributed by atoms with van der Waals surface area (Å²) < 4.78 is 18.4. The molecule has 0 aliphatic heterocycles. The lowest BCUT2D eigenvalue weighted by molar-refractivity contribution is 0.0463. The highest BCUT2D eigenvalue weighted by molar-refractivity contribution is 6.62. The predicted octanol–water partition coefficient (Wildman–Crippen LogP) is 3.13. The molecule has 0 heterocycles. The number of hydrogen-bond acceptors (Lipinski definition) is 4. The lowest BCUT2D eigenvalue weighted by Crippen LogP contribution is -2.62. The maximum atomic E-state index is 6.12. The van der Waals surface area contributed by atoms with Crippen molar-refractivity contribution in [3.63, 3.8) is 0 Å². The largest absolute Gasteiger partial charge is 0.518 e. The number of rotatable bonds is 13. The van der Waals surface area contributed by atoms with Crippen LogP contribution in [0.25, 0.3) is 0 Å². The van der Waals surface area contributed by atoms with Gasteiger partial charge in [-0.15, -0.1) is 0 Å². The van der Waals surface area contributed by atoms with E-state index in [0.717, 1.165) is 32.2 Å². The summed E-state index contributed by atoms with van der Waals surface area (Å²) in [6.07, 6.45) is 3.93.